The number of sulfone groups is 1. The van der Waals surface area contributed by atoms with Gasteiger partial charge < -0.3 is 14.2 Å². The summed E-state index contributed by atoms with van der Waals surface area (Å²) in [6, 6.07) is 5.92. The lowest BCUT2D eigenvalue weighted by molar-refractivity contribution is 0.0204. The zero-order valence-electron chi connectivity index (χ0n) is 20.2. The van der Waals surface area contributed by atoms with Crippen LogP contribution in [0.3, 0.4) is 0 Å². The van der Waals surface area contributed by atoms with Crippen LogP contribution in [0.2, 0.25) is 0 Å². The van der Waals surface area contributed by atoms with Gasteiger partial charge in [0.05, 0.1) is 17.8 Å². The summed E-state index contributed by atoms with van der Waals surface area (Å²) in [6.07, 6.45) is 5.46. The molecule has 1 aliphatic rings. The van der Waals surface area contributed by atoms with Gasteiger partial charge in [-0.05, 0) is 63.3 Å². The van der Waals surface area contributed by atoms with Gasteiger partial charge in [0.25, 0.3) is 0 Å². The Morgan fingerprint density at radius 3 is 2.43 bits per heavy atom. The number of rotatable bonds is 4. The lowest BCUT2D eigenvalue weighted by Gasteiger charge is -2.33. The zero-order chi connectivity index (χ0) is 25.5. The average molecular weight is 506 g/mol. The van der Waals surface area contributed by atoms with Gasteiger partial charge in [0.1, 0.15) is 16.3 Å². The number of likely N-dealkylation sites (tertiary alicyclic amines) is 1. The predicted molar refractivity (Wildman–Crippen MR) is 128 cm³/mol. The first-order valence-electron chi connectivity index (χ1n) is 11.4. The topological polar surface area (TPSA) is 81.5 Å². The second kappa shape index (κ2) is 9.22. The monoisotopic (exact) mass is 505 g/mol. The van der Waals surface area contributed by atoms with Gasteiger partial charge >= 0.3 is 6.09 Å². The summed E-state index contributed by atoms with van der Waals surface area (Å²) >= 11 is 0. The summed E-state index contributed by atoms with van der Waals surface area (Å²) in [4.78, 5) is 17.9. The minimum absolute atomic E-state index is 0.00436. The Morgan fingerprint density at radius 2 is 1.86 bits per heavy atom. The molecule has 0 radical (unpaired) electrons. The molecule has 0 bridgehead atoms. The predicted octanol–water partition coefficient (Wildman–Crippen LogP) is 4.88. The fourth-order valence-corrected chi connectivity index (χ4v) is 5.12. The minimum Gasteiger partial charge on any atom is -0.444 e. The number of carbonyl (C=O) groups excluding carboxylic acids is 1. The highest BCUT2D eigenvalue weighted by atomic mass is 32.2. The summed E-state index contributed by atoms with van der Waals surface area (Å²) in [5.41, 5.74) is 1.19. The van der Waals surface area contributed by atoms with Crippen LogP contribution in [0.4, 0.5) is 13.6 Å². The normalized spacial score (nSPS) is 15.5. The lowest BCUT2D eigenvalue weighted by Crippen LogP contribution is -2.41. The highest BCUT2D eigenvalue weighted by molar-refractivity contribution is 7.90. The maximum atomic E-state index is 14.7. The number of nitrogens with zero attached hydrogens (tertiary/aromatic N) is 3. The molecule has 1 amide bonds. The van der Waals surface area contributed by atoms with E-state index >= 15 is 0 Å². The van der Waals surface area contributed by atoms with Crippen LogP contribution in [0.5, 0.6) is 0 Å². The molecule has 1 saturated heterocycles. The lowest BCUT2D eigenvalue weighted by atomic mass is 9.90. The molecule has 4 rings (SSSR count). The van der Waals surface area contributed by atoms with E-state index in [1.54, 1.807) is 11.1 Å². The van der Waals surface area contributed by atoms with Crippen molar-refractivity contribution in [1.29, 1.82) is 0 Å². The minimum atomic E-state index is -3.89. The Morgan fingerprint density at radius 1 is 1.17 bits per heavy atom. The standard InChI is InChI=1S/C25H29F2N3O4S/c1-25(2,3)34-24(31)29-10-7-16(8-11-29)17-5-6-18(28-14-17)15-30-12-9-19-22(27)21(35(4,32)33)13-20(26)23(19)30/h5-6,9,12-14,16H,7-8,10-11,15H2,1-4H3. The smallest absolute Gasteiger partial charge is 0.410 e. The van der Waals surface area contributed by atoms with Crippen molar-refractivity contribution >= 4 is 26.8 Å². The van der Waals surface area contributed by atoms with Crippen LogP contribution < -0.4 is 0 Å². The van der Waals surface area contributed by atoms with Crippen LogP contribution in [0, 0.1) is 11.6 Å². The van der Waals surface area contributed by atoms with E-state index in [4.69, 9.17) is 4.74 Å². The summed E-state index contributed by atoms with van der Waals surface area (Å²) in [5, 5.41) is -0.0845. The number of aromatic nitrogens is 2. The molecule has 35 heavy (non-hydrogen) atoms. The number of pyridine rings is 1. The molecule has 3 aromatic rings. The Kier molecular flexibility index (Phi) is 6.61. The Hall–Kier alpha value is -3.01. The molecule has 0 aliphatic carbocycles. The molecule has 1 fully saturated rings. The number of hydrogen-bond donors (Lipinski definition) is 0. The van der Waals surface area contributed by atoms with Gasteiger partial charge in [-0.1, -0.05) is 6.07 Å². The van der Waals surface area contributed by atoms with Crippen molar-refractivity contribution in [3.8, 4) is 0 Å². The van der Waals surface area contributed by atoms with Crippen molar-refractivity contribution in [2.45, 2.75) is 56.6 Å². The third kappa shape index (κ3) is 5.47. The van der Waals surface area contributed by atoms with Crippen LogP contribution in [0.15, 0.2) is 41.6 Å². The fraction of sp³-hybridized carbons (Fsp3) is 0.440. The van der Waals surface area contributed by atoms with Crippen molar-refractivity contribution in [1.82, 2.24) is 14.5 Å². The van der Waals surface area contributed by atoms with Gasteiger partial charge in [0, 0.05) is 37.1 Å². The molecule has 0 atom stereocenters. The third-order valence-corrected chi connectivity index (χ3v) is 7.19. The van der Waals surface area contributed by atoms with Crippen LogP contribution in [-0.2, 0) is 21.1 Å². The van der Waals surface area contributed by atoms with Crippen molar-refractivity contribution in [2.75, 3.05) is 19.3 Å². The molecule has 0 spiro atoms. The van der Waals surface area contributed by atoms with Gasteiger partial charge in [-0.25, -0.2) is 22.0 Å². The first-order valence-corrected chi connectivity index (χ1v) is 13.3. The third-order valence-electron chi connectivity index (χ3n) is 6.10. The maximum Gasteiger partial charge on any atom is 0.410 e. The number of fused-ring (bicyclic) bond motifs is 1. The van der Waals surface area contributed by atoms with Gasteiger partial charge in [-0.3, -0.25) is 4.98 Å². The molecule has 2 aromatic heterocycles. The molecule has 0 N–H and O–H groups in total. The van der Waals surface area contributed by atoms with E-state index < -0.39 is 32.0 Å². The summed E-state index contributed by atoms with van der Waals surface area (Å²) < 4.78 is 59.9. The van der Waals surface area contributed by atoms with E-state index in [9.17, 15) is 22.0 Å². The van der Waals surface area contributed by atoms with Crippen molar-refractivity contribution in [3.63, 3.8) is 0 Å². The number of halogens is 2. The number of piperidine rings is 1. The van der Waals surface area contributed by atoms with Gasteiger partial charge in [0.2, 0.25) is 0 Å². The van der Waals surface area contributed by atoms with Gasteiger partial charge in [-0.15, -0.1) is 0 Å². The molecule has 0 saturated carbocycles. The molecular weight excluding hydrogens is 476 g/mol. The van der Waals surface area contributed by atoms with E-state index in [0.29, 0.717) is 18.8 Å². The van der Waals surface area contributed by atoms with E-state index in [0.717, 1.165) is 30.7 Å². The van der Waals surface area contributed by atoms with E-state index in [-0.39, 0.29) is 29.5 Å². The highest BCUT2D eigenvalue weighted by Crippen LogP contribution is 2.30. The van der Waals surface area contributed by atoms with Crippen molar-refractivity contribution < 1.29 is 26.7 Å². The summed E-state index contributed by atoms with van der Waals surface area (Å²) in [5.74, 6) is -1.49. The van der Waals surface area contributed by atoms with Gasteiger partial charge in [0.15, 0.2) is 15.7 Å². The number of carbonyl (C=O) groups is 1. The largest absolute Gasteiger partial charge is 0.444 e. The SMILES string of the molecule is CC(C)(C)OC(=O)N1CCC(c2ccc(Cn3ccc4c(F)c(S(C)(=O)=O)cc(F)c43)nc2)CC1. The van der Waals surface area contributed by atoms with E-state index in [2.05, 4.69) is 4.98 Å². The van der Waals surface area contributed by atoms with Crippen LogP contribution in [0.25, 0.3) is 10.9 Å². The molecule has 0 unspecified atom stereocenters. The highest BCUT2D eigenvalue weighted by Gasteiger charge is 2.28. The number of ether oxygens (including phenoxy) is 1. The Balaban J connectivity index is 1.45. The number of benzene rings is 1. The van der Waals surface area contributed by atoms with Crippen LogP contribution in [-0.4, -0.2) is 53.9 Å². The molecule has 188 valence electrons. The van der Waals surface area contributed by atoms with E-state index in [1.165, 1.54) is 16.8 Å². The molecular formula is C25H29F2N3O4S. The van der Waals surface area contributed by atoms with Gasteiger partial charge in [-0.2, -0.15) is 0 Å². The fourth-order valence-electron chi connectivity index (χ4n) is 4.36. The Labute approximate surface area is 203 Å². The summed E-state index contributed by atoms with van der Waals surface area (Å²) in [6.45, 7) is 6.96. The van der Waals surface area contributed by atoms with E-state index in [1.807, 2.05) is 32.9 Å². The molecule has 1 aliphatic heterocycles. The average Bonchev–Trinajstić information content (AvgIpc) is 3.19. The molecule has 10 heteroatoms. The van der Waals surface area contributed by atoms with Crippen LogP contribution in [0.1, 0.15) is 50.8 Å². The molecule has 1 aromatic carbocycles. The second-order valence-corrected chi connectivity index (χ2v) is 12.0. The zero-order valence-corrected chi connectivity index (χ0v) is 21.0. The quantitative estimate of drug-likeness (QED) is 0.505. The molecule has 3 heterocycles. The first kappa shape index (κ1) is 25.1. The number of hydrogen-bond acceptors (Lipinski definition) is 5. The second-order valence-electron chi connectivity index (χ2n) is 9.97. The van der Waals surface area contributed by atoms with Crippen molar-refractivity contribution in [2.24, 2.45) is 0 Å². The van der Waals surface area contributed by atoms with Crippen LogP contribution >= 0.6 is 0 Å². The number of amides is 1. The maximum absolute atomic E-state index is 14.7. The Bertz CT molecular complexity index is 1350. The first-order chi connectivity index (χ1) is 16.3. The van der Waals surface area contributed by atoms with Crippen molar-refractivity contribution in [3.05, 3.63) is 59.6 Å². The summed E-state index contributed by atoms with van der Waals surface area (Å²) in [7, 11) is -3.89. The molecule has 7 nitrogen and oxygen atoms in total.